The number of anilines is 2. The first-order valence-corrected chi connectivity index (χ1v) is 5.32. The molecule has 2 rings (SSSR count). The lowest BCUT2D eigenvalue weighted by Gasteiger charge is -2.21. The lowest BCUT2D eigenvalue weighted by molar-refractivity contribution is 0.623. The maximum atomic E-state index is 13.7. The number of hydrogen-bond acceptors (Lipinski definition) is 3. The van der Waals surface area contributed by atoms with Crippen molar-refractivity contribution in [2.45, 2.75) is 6.54 Å². The first-order chi connectivity index (χ1) is 8.18. The fourth-order valence-corrected chi connectivity index (χ4v) is 1.78. The van der Waals surface area contributed by atoms with Gasteiger partial charge in [-0.25, -0.2) is 4.39 Å². The van der Waals surface area contributed by atoms with Gasteiger partial charge in [0.2, 0.25) is 0 Å². The predicted molar refractivity (Wildman–Crippen MR) is 67.2 cm³/mol. The largest absolute Gasteiger partial charge is 0.397 e. The number of rotatable bonds is 3. The summed E-state index contributed by atoms with van der Waals surface area (Å²) in [5.74, 6) is -0.309. The van der Waals surface area contributed by atoms with Gasteiger partial charge in [0.05, 0.1) is 11.4 Å². The molecular formula is C13H14FN3. The monoisotopic (exact) mass is 231 g/mol. The second kappa shape index (κ2) is 4.82. The Hall–Kier alpha value is -2.10. The van der Waals surface area contributed by atoms with Gasteiger partial charge >= 0.3 is 0 Å². The van der Waals surface area contributed by atoms with Crippen molar-refractivity contribution in [1.82, 2.24) is 4.98 Å². The van der Waals surface area contributed by atoms with Crippen molar-refractivity contribution < 1.29 is 4.39 Å². The van der Waals surface area contributed by atoms with Crippen LogP contribution in [0.3, 0.4) is 0 Å². The lowest BCUT2D eigenvalue weighted by Crippen LogP contribution is -2.19. The number of nitrogen functional groups attached to an aromatic ring is 1. The second-order valence-corrected chi connectivity index (χ2v) is 3.90. The number of pyridine rings is 1. The van der Waals surface area contributed by atoms with E-state index in [0.717, 1.165) is 5.56 Å². The summed E-state index contributed by atoms with van der Waals surface area (Å²) in [6, 6.07) is 8.50. The third-order valence-electron chi connectivity index (χ3n) is 2.54. The number of halogens is 1. The molecule has 2 N–H and O–H groups in total. The van der Waals surface area contributed by atoms with E-state index in [1.807, 2.05) is 19.2 Å². The van der Waals surface area contributed by atoms with Crippen LogP contribution in [0.5, 0.6) is 0 Å². The molecule has 0 bridgehead atoms. The topological polar surface area (TPSA) is 42.2 Å². The summed E-state index contributed by atoms with van der Waals surface area (Å²) < 4.78 is 13.7. The van der Waals surface area contributed by atoms with Gasteiger partial charge in [0.1, 0.15) is 5.82 Å². The Kier molecular flexibility index (Phi) is 3.23. The molecule has 17 heavy (non-hydrogen) atoms. The van der Waals surface area contributed by atoms with Gasteiger partial charge in [-0.2, -0.15) is 0 Å². The predicted octanol–water partition coefficient (Wildman–Crippen LogP) is 2.44. The lowest BCUT2D eigenvalue weighted by atomic mass is 10.2. The fraction of sp³-hybridized carbons (Fsp3) is 0.154. The number of nitrogens with zero attached hydrogens (tertiary/aromatic N) is 2. The molecule has 0 aliphatic heterocycles. The Balaban J connectivity index is 2.23. The maximum Gasteiger partial charge on any atom is 0.148 e. The van der Waals surface area contributed by atoms with E-state index < -0.39 is 0 Å². The normalized spacial score (nSPS) is 10.2. The van der Waals surface area contributed by atoms with Crippen molar-refractivity contribution in [3.8, 4) is 0 Å². The van der Waals surface area contributed by atoms with E-state index in [4.69, 9.17) is 5.73 Å². The molecule has 0 aliphatic carbocycles. The molecule has 1 aromatic heterocycles. The molecule has 0 radical (unpaired) electrons. The number of benzene rings is 1. The summed E-state index contributed by atoms with van der Waals surface area (Å²) in [4.78, 5) is 5.80. The molecule has 0 saturated heterocycles. The third kappa shape index (κ3) is 2.53. The van der Waals surface area contributed by atoms with Gasteiger partial charge in [-0.05, 0) is 23.8 Å². The standard InChI is InChI=1S/C13H14FN3/c1-17(9-10-4-3-7-16-8-10)13-11(14)5-2-6-12(13)15/h2-8H,9,15H2,1H3. The smallest absolute Gasteiger partial charge is 0.148 e. The molecular weight excluding hydrogens is 217 g/mol. The van der Waals surface area contributed by atoms with Crippen molar-refractivity contribution in [3.63, 3.8) is 0 Å². The van der Waals surface area contributed by atoms with E-state index >= 15 is 0 Å². The van der Waals surface area contributed by atoms with Crippen LogP contribution in [0.4, 0.5) is 15.8 Å². The highest BCUT2D eigenvalue weighted by atomic mass is 19.1. The van der Waals surface area contributed by atoms with Gasteiger partial charge in [-0.3, -0.25) is 4.98 Å². The van der Waals surface area contributed by atoms with Crippen LogP contribution in [0.1, 0.15) is 5.56 Å². The number of hydrogen-bond donors (Lipinski definition) is 1. The number of nitrogens with two attached hydrogens (primary N) is 1. The molecule has 0 amide bonds. The average Bonchev–Trinajstić information content (AvgIpc) is 2.30. The molecule has 0 saturated carbocycles. The molecule has 1 aromatic carbocycles. The quantitative estimate of drug-likeness (QED) is 0.825. The molecule has 0 unspecified atom stereocenters. The van der Waals surface area contributed by atoms with E-state index in [9.17, 15) is 4.39 Å². The van der Waals surface area contributed by atoms with Crippen molar-refractivity contribution in [2.75, 3.05) is 17.7 Å². The van der Waals surface area contributed by atoms with Gasteiger partial charge in [0.15, 0.2) is 0 Å². The summed E-state index contributed by atoms with van der Waals surface area (Å²) in [7, 11) is 1.81. The minimum Gasteiger partial charge on any atom is -0.397 e. The average molecular weight is 231 g/mol. The van der Waals surface area contributed by atoms with Crippen LogP contribution >= 0.6 is 0 Å². The van der Waals surface area contributed by atoms with Crippen molar-refractivity contribution in [2.24, 2.45) is 0 Å². The Morgan fingerprint density at radius 1 is 1.29 bits per heavy atom. The molecule has 0 aliphatic rings. The number of para-hydroxylation sites is 1. The summed E-state index contributed by atoms with van der Waals surface area (Å²) in [5.41, 5.74) is 7.66. The molecule has 2 aromatic rings. The SMILES string of the molecule is CN(Cc1cccnc1)c1c(N)cccc1F. The third-order valence-corrected chi connectivity index (χ3v) is 2.54. The Labute approximate surface area is 99.7 Å². The molecule has 0 spiro atoms. The van der Waals surface area contributed by atoms with E-state index in [-0.39, 0.29) is 5.82 Å². The zero-order valence-electron chi connectivity index (χ0n) is 9.60. The van der Waals surface area contributed by atoms with Gasteiger partial charge < -0.3 is 10.6 Å². The summed E-state index contributed by atoms with van der Waals surface area (Å²) >= 11 is 0. The molecule has 0 atom stereocenters. The first-order valence-electron chi connectivity index (χ1n) is 5.32. The maximum absolute atomic E-state index is 13.7. The van der Waals surface area contributed by atoms with E-state index in [1.165, 1.54) is 6.07 Å². The zero-order chi connectivity index (χ0) is 12.3. The fourth-order valence-electron chi connectivity index (χ4n) is 1.78. The van der Waals surface area contributed by atoms with Gasteiger partial charge in [0, 0.05) is 26.0 Å². The van der Waals surface area contributed by atoms with Crippen LogP contribution in [0.2, 0.25) is 0 Å². The zero-order valence-corrected chi connectivity index (χ0v) is 9.60. The Morgan fingerprint density at radius 3 is 2.76 bits per heavy atom. The minimum atomic E-state index is -0.309. The van der Waals surface area contributed by atoms with E-state index in [0.29, 0.717) is 17.9 Å². The number of aromatic nitrogens is 1. The van der Waals surface area contributed by atoms with Crippen LogP contribution in [0.25, 0.3) is 0 Å². The molecule has 88 valence electrons. The highest BCUT2D eigenvalue weighted by Gasteiger charge is 2.11. The van der Waals surface area contributed by atoms with Crippen LogP contribution in [0, 0.1) is 5.82 Å². The van der Waals surface area contributed by atoms with Gasteiger partial charge in [-0.15, -0.1) is 0 Å². The molecule has 4 heteroatoms. The second-order valence-electron chi connectivity index (χ2n) is 3.90. The molecule has 3 nitrogen and oxygen atoms in total. The van der Waals surface area contributed by atoms with E-state index in [2.05, 4.69) is 4.98 Å². The van der Waals surface area contributed by atoms with Gasteiger partial charge in [-0.1, -0.05) is 12.1 Å². The summed E-state index contributed by atoms with van der Waals surface area (Å²) in [6.07, 6.45) is 3.47. The minimum absolute atomic E-state index is 0.309. The van der Waals surface area contributed by atoms with Crippen molar-refractivity contribution >= 4 is 11.4 Å². The van der Waals surface area contributed by atoms with Crippen molar-refractivity contribution in [1.29, 1.82) is 0 Å². The summed E-state index contributed by atoms with van der Waals surface area (Å²) in [5, 5.41) is 0. The highest BCUT2D eigenvalue weighted by Crippen LogP contribution is 2.26. The molecule has 1 heterocycles. The Morgan fingerprint density at radius 2 is 2.12 bits per heavy atom. The van der Waals surface area contributed by atoms with Crippen LogP contribution in [-0.4, -0.2) is 12.0 Å². The van der Waals surface area contributed by atoms with Gasteiger partial charge in [0.25, 0.3) is 0 Å². The molecule has 0 fully saturated rings. The van der Waals surface area contributed by atoms with Crippen LogP contribution in [-0.2, 0) is 6.54 Å². The first kappa shape index (κ1) is 11.4. The van der Waals surface area contributed by atoms with Crippen molar-refractivity contribution in [3.05, 3.63) is 54.1 Å². The van der Waals surface area contributed by atoms with Crippen LogP contribution < -0.4 is 10.6 Å². The highest BCUT2D eigenvalue weighted by molar-refractivity contribution is 5.67. The Bertz CT molecular complexity index is 479. The van der Waals surface area contributed by atoms with E-state index in [1.54, 1.807) is 29.4 Å². The van der Waals surface area contributed by atoms with Crippen LogP contribution in [0.15, 0.2) is 42.7 Å². The summed E-state index contributed by atoms with van der Waals surface area (Å²) in [6.45, 7) is 0.568.